The fourth-order valence-electron chi connectivity index (χ4n) is 2.84. The highest BCUT2D eigenvalue weighted by atomic mass is 35.5. The maximum absolute atomic E-state index is 12.8. The molecule has 0 amide bonds. The lowest BCUT2D eigenvalue weighted by atomic mass is 10.1. The molecular weight excluding hydrogens is 355 g/mol. The lowest BCUT2D eigenvalue weighted by Crippen LogP contribution is -2.39. The molecule has 0 aliphatic carbocycles. The number of pyridine rings is 1. The van der Waals surface area contributed by atoms with Gasteiger partial charge in [0, 0.05) is 19.3 Å². The van der Waals surface area contributed by atoms with E-state index in [-0.39, 0.29) is 9.92 Å². The number of rotatable bonds is 3. The summed E-state index contributed by atoms with van der Waals surface area (Å²) in [7, 11) is -3.42. The summed E-state index contributed by atoms with van der Waals surface area (Å²) in [5, 5.41) is 0.434. The summed E-state index contributed by atoms with van der Waals surface area (Å²) in [6, 6.07) is 10.2. The van der Waals surface area contributed by atoms with Crippen LogP contribution in [-0.2, 0) is 9.84 Å². The predicted molar refractivity (Wildman–Crippen MR) is 93.1 cm³/mol. The van der Waals surface area contributed by atoms with Crippen LogP contribution >= 0.6 is 23.2 Å². The fourth-order valence-corrected chi connectivity index (χ4v) is 5.34. The van der Waals surface area contributed by atoms with Crippen LogP contribution in [0.1, 0.15) is 12.8 Å². The van der Waals surface area contributed by atoms with Crippen molar-refractivity contribution in [2.75, 3.05) is 18.0 Å². The Bertz CT molecular complexity index is 803. The molecule has 1 aliphatic heterocycles. The van der Waals surface area contributed by atoms with Crippen LogP contribution in [0.4, 0.5) is 5.82 Å². The van der Waals surface area contributed by atoms with Crippen molar-refractivity contribution < 1.29 is 8.42 Å². The fraction of sp³-hybridized carbons (Fsp3) is 0.312. The van der Waals surface area contributed by atoms with Crippen LogP contribution in [0.3, 0.4) is 0 Å². The minimum Gasteiger partial charge on any atom is -0.355 e. The highest BCUT2D eigenvalue weighted by Gasteiger charge is 2.33. The minimum absolute atomic E-state index is 0.219. The quantitative estimate of drug-likeness (QED) is 0.823. The van der Waals surface area contributed by atoms with Gasteiger partial charge in [-0.3, -0.25) is 0 Å². The van der Waals surface area contributed by atoms with E-state index in [1.807, 2.05) is 4.90 Å². The van der Waals surface area contributed by atoms with E-state index in [2.05, 4.69) is 4.98 Å². The molecule has 0 radical (unpaired) electrons. The first-order valence-corrected chi connectivity index (χ1v) is 9.64. The summed E-state index contributed by atoms with van der Waals surface area (Å²) in [6.07, 6.45) is 2.74. The molecule has 1 saturated heterocycles. The van der Waals surface area contributed by atoms with E-state index < -0.39 is 15.1 Å². The van der Waals surface area contributed by atoms with E-state index in [4.69, 9.17) is 23.2 Å². The van der Waals surface area contributed by atoms with Gasteiger partial charge in [-0.2, -0.15) is 0 Å². The summed E-state index contributed by atoms with van der Waals surface area (Å²) in [5.41, 5.74) is 0. The van der Waals surface area contributed by atoms with Gasteiger partial charge in [0.05, 0.1) is 20.2 Å². The number of halogens is 2. The normalized spacial score (nSPS) is 16.5. The number of hydrogen-bond acceptors (Lipinski definition) is 4. The van der Waals surface area contributed by atoms with Crippen molar-refractivity contribution in [3.63, 3.8) is 0 Å². The molecule has 1 aromatic heterocycles. The predicted octanol–water partition coefficient (Wildman–Crippen LogP) is 3.83. The van der Waals surface area contributed by atoms with E-state index >= 15 is 0 Å². The molecule has 0 N–H and O–H groups in total. The zero-order valence-electron chi connectivity index (χ0n) is 12.3. The van der Waals surface area contributed by atoms with Crippen LogP contribution in [0, 0.1) is 0 Å². The Morgan fingerprint density at radius 3 is 2.30 bits per heavy atom. The number of anilines is 1. The van der Waals surface area contributed by atoms with Crippen molar-refractivity contribution >= 4 is 38.9 Å². The molecule has 0 saturated carbocycles. The van der Waals surface area contributed by atoms with E-state index in [9.17, 15) is 8.42 Å². The van der Waals surface area contributed by atoms with E-state index in [1.165, 1.54) is 0 Å². The van der Waals surface area contributed by atoms with Crippen LogP contribution in [0.2, 0.25) is 10.0 Å². The Labute approximate surface area is 146 Å². The molecule has 4 nitrogen and oxygen atoms in total. The third-order valence-corrected chi connectivity index (χ3v) is 7.12. The zero-order chi connectivity index (χ0) is 16.4. The number of sulfone groups is 1. The van der Waals surface area contributed by atoms with Crippen molar-refractivity contribution in [3.05, 3.63) is 52.6 Å². The second-order valence-electron chi connectivity index (χ2n) is 5.47. The molecule has 2 heterocycles. The standard InChI is InChI=1S/C16H16Cl2N2O2S/c17-13-4-1-2-6-15(13)23(21,22)12-7-10-20(11-8-12)16-14(18)5-3-9-19-16/h1-6,9,12H,7-8,10-11H2. The molecule has 3 rings (SSSR count). The highest BCUT2D eigenvalue weighted by Crippen LogP contribution is 2.31. The molecule has 0 atom stereocenters. The van der Waals surface area contributed by atoms with Gasteiger partial charge in [-0.25, -0.2) is 13.4 Å². The number of nitrogens with zero attached hydrogens (tertiary/aromatic N) is 2. The van der Waals surface area contributed by atoms with Gasteiger partial charge in [-0.1, -0.05) is 35.3 Å². The molecule has 122 valence electrons. The summed E-state index contributed by atoms with van der Waals surface area (Å²) in [4.78, 5) is 6.53. The molecule has 0 unspecified atom stereocenters. The third kappa shape index (κ3) is 3.32. The van der Waals surface area contributed by atoms with Crippen LogP contribution < -0.4 is 4.90 Å². The van der Waals surface area contributed by atoms with Crippen molar-refractivity contribution in [3.8, 4) is 0 Å². The lowest BCUT2D eigenvalue weighted by Gasteiger charge is -2.33. The largest absolute Gasteiger partial charge is 0.355 e. The Balaban J connectivity index is 1.77. The summed E-state index contributed by atoms with van der Waals surface area (Å²) < 4.78 is 25.5. The second-order valence-corrected chi connectivity index (χ2v) is 8.48. The van der Waals surface area contributed by atoms with Gasteiger partial charge in [0.25, 0.3) is 0 Å². The summed E-state index contributed by atoms with van der Waals surface area (Å²) in [6.45, 7) is 1.20. The summed E-state index contributed by atoms with van der Waals surface area (Å²) in [5.74, 6) is 0.711. The zero-order valence-corrected chi connectivity index (χ0v) is 14.7. The number of piperidine rings is 1. The molecule has 1 fully saturated rings. The van der Waals surface area contributed by atoms with E-state index in [0.29, 0.717) is 36.8 Å². The average Bonchev–Trinajstić information content (AvgIpc) is 2.56. The van der Waals surface area contributed by atoms with Crippen molar-refractivity contribution in [2.24, 2.45) is 0 Å². The first-order valence-electron chi connectivity index (χ1n) is 7.34. The third-order valence-electron chi connectivity index (χ3n) is 4.06. The average molecular weight is 371 g/mol. The maximum Gasteiger partial charge on any atom is 0.182 e. The smallest absolute Gasteiger partial charge is 0.182 e. The molecule has 0 bridgehead atoms. The van der Waals surface area contributed by atoms with Gasteiger partial charge in [-0.15, -0.1) is 0 Å². The van der Waals surface area contributed by atoms with Gasteiger partial charge in [0.15, 0.2) is 9.84 Å². The van der Waals surface area contributed by atoms with Crippen LogP contribution in [0.25, 0.3) is 0 Å². The van der Waals surface area contributed by atoms with Crippen LogP contribution in [0.15, 0.2) is 47.5 Å². The monoisotopic (exact) mass is 370 g/mol. The first-order chi connectivity index (χ1) is 11.0. The molecule has 1 aromatic carbocycles. The summed E-state index contributed by atoms with van der Waals surface area (Å²) >= 11 is 12.2. The highest BCUT2D eigenvalue weighted by molar-refractivity contribution is 7.92. The van der Waals surface area contributed by atoms with Gasteiger partial charge in [-0.05, 0) is 37.1 Å². The Kier molecular flexibility index (Phi) is 4.80. The van der Waals surface area contributed by atoms with E-state index in [1.54, 1.807) is 42.6 Å². The lowest BCUT2D eigenvalue weighted by molar-refractivity contribution is 0.528. The number of aromatic nitrogens is 1. The van der Waals surface area contributed by atoms with Gasteiger partial charge >= 0.3 is 0 Å². The van der Waals surface area contributed by atoms with Crippen molar-refractivity contribution in [1.29, 1.82) is 0 Å². The SMILES string of the molecule is O=S(=O)(c1ccccc1Cl)C1CCN(c2ncccc2Cl)CC1. The van der Waals surface area contributed by atoms with Gasteiger partial charge < -0.3 is 4.90 Å². The van der Waals surface area contributed by atoms with Gasteiger partial charge in [0.2, 0.25) is 0 Å². The maximum atomic E-state index is 12.8. The Morgan fingerprint density at radius 1 is 1.00 bits per heavy atom. The van der Waals surface area contributed by atoms with Crippen LogP contribution in [-0.4, -0.2) is 31.7 Å². The molecule has 2 aromatic rings. The molecule has 0 spiro atoms. The van der Waals surface area contributed by atoms with E-state index in [0.717, 1.165) is 0 Å². The molecule has 1 aliphatic rings. The number of hydrogen-bond donors (Lipinski definition) is 0. The van der Waals surface area contributed by atoms with Crippen molar-refractivity contribution in [1.82, 2.24) is 4.98 Å². The van der Waals surface area contributed by atoms with Crippen molar-refractivity contribution in [2.45, 2.75) is 23.0 Å². The minimum atomic E-state index is -3.42. The second kappa shape index (κ2) is 6.67. The Hall–Kier alpha value is -1.30. The molecule has 7 heteroatoms. The first kappa shape index (κ1) is 16.6. The van der Waals surface area contributed by atoms with Gasteiger partial charge in [0.1, 0.15) is 5.82 Å². The molecule has 23 heavy (non-hydrogen) atoms. The van der Waals surface area contributed by atoms with Crippen LogP contribution in [0.5, 0.6) is 0 Å². The molecular formula is C16H16Cl2N2O2S. The topological polar surface area (TPSA) is 50.3 Å². The Morgan fingerprint density at radius 2 is 1.65 bits per heavy atom. The number of benzene rings is 1.